The third kappa shape index (κ3) is 7.37. The average Bonchev–Trinajstić information content (AvgIpc) is 2.62. The summed E-state index contributed by atoms with van der Waals surface area (Å²) in [6.07, 6.45) is 2.33. The van der Waals surface area contributed by atoms with E-state index in [4.69, 9.17) is 0 Å². The number of nitrogens with zero attached hydrogens (tertiary/aromatic N) is 2. The van der Waals surface area contributed by atoms with Gasteiger partial charge in [-0.25, -0.2) is 12.7 Å². The van der Waals surface area contributed by atoms with Crippen molar-refractivity contribution in [2.75, 3.05) is 39.5 Å². The molecular formula is C17H29IN4O3S. The van der Waals surface area contributed by atoms with Crippen LogP contribution in [-0.2, 0) is 10.0 Å². The molecule has 1 unspecified atom stereocenters. The SMILES string of the molecule is CN=C(NCC1CCN(S(C)(=O)=O)CC1)NCC(O)c1ccccc1.I. The zero-order valence-corrected chi connectivity index (χ0v) is 18.4. The standard InChI is InChI=1S/C17H28N4O3S.HI/c1-18-17(20-13-16(22)15-6-4-3-5-7-15)19-12-14-8-10-21(11-9-14)25(2,23)24;/h3-7,14,16,22H,8-13H2,1-2H3,(H2,18,19,20);1H. The van der Waals surface area contributed by atoms with Crippen LogP contribution in [0.3, 0.4) is 0 Å². The van der Waals surface area contributed by atoms with Gasteiger partial charge in [-0.3, -0.25) is 4.99 Å². The van der Waals surface area contributed by atoms with E-state index in [1.807, 2.05) is 30.3 Å². The van der Waals surface area contributed by atoms with E-state index >= 15 is 0 Å². The summed E-state index contributed by atoms with van der Waals surface area (Å²) in [4.78, 5) is 4.17. The van der Waals surface area contributed by atoms with Gasteiger partial charge in [0.2, 0.25) is 10.0 Å². The molecule has 1 aliphatic rings. The smallest absolute Gasteiger partial charge is 0.211 e. The number of halogens is 1. The Morgan fingerprint density at radius 1 is 1.27 bits per heavy atom. The van der Waals surface area contributed by atoms with Crippen LogP contribution in [0.5, 0.6) is 0 Å². The predicted octanol–water partition coefficient (Wildman–Crippen LogP) is 1.17. The summed E-state index contributed by atoms with van der Waals surface area (Å²) in [5.41, 5.74) is 0.860. The first-order chi connectivity index (χ1) is 11.9. The van der Waals surface area contributed by atoms with Gasteiger partial charge in [0.15, 0.2) is 5.96 Å². The number of rotatable bonds is 6. The molecule has 1 saturated heterocycles. The first-order valence-corrected chi connectivity index (χ1v) is 10.4. The number of guanidine groups is 1. The first-order valence-electron chi connectivity index (χ1n) is 8.53. The van der Waals surface area contributed by atoms with Crippen LogP contribution in [0.2, 0.25) is 0 Å². The number of hydrogen-bond acceptors (Lipinski definition) is 4. The lowest BCUT2D eigenvalue weighted by atomic mass is 9.98. The van der Waals surface area contributed by atoms with E-state index in [1.54, 1.807) is 7.05 Å². The number of benzene rings is 1. The van der Waals surface area contributed by atoms with Gasteiger partial charge in [-0.05, 0) is 24.3 Å². The molecule has 0 aromatic heterocycles. The quantitative estimate of drug-likeness (QED) is 0.313. The molecule has 3 N–H and O–H groups in total. The number of aliphatic hydroxyl groups excluding tert-OH is 1. The molecule has 0 aliphatic carbocycles. The van der Waals surface area contributed by atoms with Crippen LogP contribution < -0.4 is 10.6 Å². The number of nitrogens with one attached hydrogen (secondary N) is 2. The first kappa shape index (κ1) is 23.1. The molecule has 7 nitrogen and oxygen atoms in total. The second-order valence-corrected chi connectivity index (χ2v) is 8.35. The lowest BCUT2D eigenvalue weighted by Crippen LogP contribution is -2.44. The molecule has 1 aromatic rings. The highest BCUT2D eigenvalue weighted by Crippen LogP contribution is 2.18. The Bertz CT molecular complexity index is 662. The summed E-state index contributed by atoms with van der Waals surface area (Å²) in [6, 6.07) is 9.48. The normalized spacial score (nSPS) is 18.0. The highest BCUT2D eigenvalue weighted by molar-refractivity contribution is 14.0. The van der Waals surface area contributed by atoms with Crippen LogP contribution >= 0.6 is 24.0 Å². The van der Waals surface area contributed by atoms with Crippen LogP contribution in [0.15, 0.2) is 35.3 Å². The summed E-state index contributed by atoms with van der Waals surface area (Å²) in [5, 5.41) is 16.6. The Balaban J connectivity index is 0.00000338. The van der Waals surface area contributed by atoms with E-state index in [1.165, 1.54) is 10.6 Å². The second-order valence-electron chi connectivity index (χ2n) is 6.37. The number of piperidine rings is 1. The molecule has 0 bridgehead atoms. The van der Waals surface area contributed by atoms with E-state index in [0.29, 0.717) is 31.5 Å². The van der Waals surface area contributed by atoms with Crippen molar-refractivity contribution in [3.05, 3.63) is 35.9 Å². The van der Waals surface area contributed by atoms with E-state index < -0.39 is 16.1 Å². The highest BCUT2D eigenvalue weighted by atomic mass is 127. The van der Waals surface area contributed by atoms with Crippen LogP contribution in [0, 0.1) is 5.92 Å². The summed E-state index contributed by atoms with van der Waals surface area (Å²) < 4.78 is 24.6. The number of aliphatic hydroxyl groups is 1. The van der Waals surface area contributed by atoms with Gasteiger partial charge in [0.1, 0.15) is 0 Å². The molecule has 148 valence electrons. The van der Waals surface area contributed by atoms with Gasteiger partial charge in [0.25, 0.3) is 0 Å². The number of hydrogen-bond donors (Lipinski definition) is 3. The fraction of sp³-hybridized carbons (Fsp3) is 0.588. The van der Waals surface area contributed by atoms with E-state index in [0.717, 1.165) is 24.9 Å². The van der Waals surface area contributed by atoms with Gasteiger partial charge >= 0.3 is 0 Å². The van der Waals surface area contributed by atoms with E-state index in [9.17, 15) is 13.5 Å². The van der Waals surface area contributed by atoms with Crippen LogP contribution in [0.4, 0.5) is 0 Å². The van der Waals surface area contributed by atoms with Crippen LogP contribution in [-0.4, -0.2) is 63.3 Å². The number of aliphatic imine (C=N–C) groups is 1. The average molecular weight is 496 g/mol. The molecule has 1 atom stereocenters. The minimum Gasteiger partial charge on any atom is -0.387 e. The Hall–Kier alpha value is -0.910. The minimum absolute atomic E-state index is 0. The summed E-state index contributed by atoms with van der Waals surface area (Å²) in [5.74, 6) is 1.05. The summed E-state index contributed by atoms with van der Waals surface area (Å²) in [7, 11) is -1.39. The molecule has 9 heteroatoms. The lowest BCUT2D eigenvalue weighted by molar-refractivity contribution is 0.180. The number of sulfonamides is 1. The van der Waals surface area contributed by atoms with Crippen molar-refractivity contribution in [2.45, 2.75) is 18.9 Å². The molecule has 1 heterocycles. The van der Waals surface area contributed by atoms with Crippen molar-refractivity contribution in [3.8, 4) is 0 Å². The molecule has 0 spiro atoms. The van der Waals surface area contributed by atoms with Crippen LogP contribution in [0.1, 0.15) is 24.5 Å². The van der Waals surface area contributed by atoms with Gasteiger partial charge in [0.05, 0.1) is 12.4 Å². The summed E-state index contributed by atoms with van der Waals surface area (Å²) in [6.45, 7) is 2.25. The van der Waals surface area contributed by atoms with Gasteiger partial charge < -0.3 is 15.7 Å². The Morgan fingerprint density at radius 2 is 1.88 bits per heavy atom. The monoisotopic (exact) mass is 496 g/mol. The van der Waals surface area contributed by atoms with Gasteiger partial charge in [-0.15, -0.1) is 24.0 Å². The fourth-order valence-electron chi connectivity index (χ4n) is 2.89. The van der Waals surface area contributed by atoms with Crippen molar-refractivity contribution < 1.29 is 13.5 Å². The maximum absolute atomic E-state index is 11.5. The zero-order chi connectivity index (χ0) is 18.3. The molecule has 1 aliphatic heterocycles. The maximum atomic E-state index is 11.5. The zero-order valence-electron chi connectivity index (χ0n) is 15.3. The molecule has 0 saturated carbocycles. The molecule has 0 radical (unpaired) electrons. The van der Waals surface area contributed by atoms with Crippen molar-refractivity contribution in [2.24, 2.45) is 10.9 Å². The van der Waals surface area contributed by atoms with Crippen molar-refractivity contribution >= 4 is 40.0 Å². The van der Waals surface area contributed by atoms with Gasteiger partial charge in [-0.2, -0.15) is 0 Å². The molecule has 26 heavy (non-hydrogen) atoms. The third-order valence-electron chi connectivity index (χ3n) is 4.47. The van der Waals surface area contributed by atoms with E-state index in [2.05, 4.69) is 15.6 Å². The topological polar surface area (TPSA) is 94.0 Å². The van der Waals surface area contributed by atoms with Crippen LogP contribution in [0.25, 0.3) is 0 Å². The maximum Gasteiger partial charge on any atom is 0.211 e. The predicted molar refractivity (Wildman–Crippen MR) is 115 cm³/mol. The third-order valence-corrected chi connectivity index (χ3v) is 5.77. The summed E-state index contributed by atoms with van der Waals surface area (Å²) >= 11 is 0. The highest BCUT2D eigenvalue weighted by Gasteiger charge is 2.24. The molecular weight excluding hydrogens is 467 g/mol. The van der Waals surface area contributed by atoms with Crippen molar-refractivity contribution in [1.29, 1.82) is 0 Å². The van der Waals surface area contributed by atoms with Gasteiger partial charge in [-0.1, -0.05) is 30.3 Å². The second kappa shape index (κ2) is 11.1. The lowest BCUT2D eigenvalue weighted by Gasteiger charge is -2.30. The Labute approximate surface area is 173 Å². The van der Waals surface area contributed by atoms with E-state index in [-0.39, 0.29) is 24.0 Å². The minimum atomic E-state index is -3.08. The Morgan fingerprint density at radius 3 is 2.42 bits per heavy atom. The molecule has 2 rings (SSSR count). The van der Waals surface area contributed by atoms with Crippen molar-refractivity contribution in [3.63, 3.8) is 0 Å². The molecule has 0 amide bonds. The van der Waals surface area contributed by atoms with Gasteiger partial charge in [0, 0.05) is 33.2 Å². The Kier molecular flexibility index (Phi) is 9.83. The molecule has 1 aromatic carbocycles. The molecule has 1 fully saturated rings. The fourth-order valence-corrected chi connectivity index (χ4v) is 3.77. The largest absolute Gasteiger partial charge is 0.387 e. The van der Waals surface area contributed by atoms with Crippen molar-refractivity contribution in [1.82, 2.24) is 14.9 Å².